The second-order valence-corrected chi connectivity index (χ2v) is 4.74. The molecule has 0 aliphatic carbocycles. The molecule has 18 heavy (non-hydrogen) atoms. The fourth-order valence-corrected chi connectivity index (χ4v) is 1.88. The van der Waals surface area contributed by atoms with Crippen LogP contribution in [-0.4, -0.2) is 4.98 Å². The number of ether oxygens (including phenoxy) is 1. The normalized spacial score (nSPS) is 12.2. The monoisotopic (exact) mass is 282 g/mol. The first-order valence-electron chi connectivity index (χ1n) is 5.40. The minimum absolute atomic E-state index is 0.0731. The van der Waals surface area contributed by atoms with Gasteiger partial charge in [-0.15, -0.1) is 0 Å². The summed E-state index contributed by atoms with van der Waals surface area (Å²) in [5.41, 5.74) is 6.75. The number of nitrogens with two attached hydrogens (primary N) is 1. The standard InChI is InChI=1S/C13H12Cl2N2O/c1-8(16)9-4-5-17-13(6-9)18-12-3-2-10(14)7-11(12)15/h2-8H,16H2,1H3/t8-/m1/s1. The van der Waals surface area contributed by atoms with Gasteiger partial charge in [0.25, 0.3) is 0 Å². The Bertz CT molecular complexity index is 558. The third-order valence-electron chi connectivity index (χ3n) is 2.39. The van der Waals surface area contributed by atoms with E-state index in [-0.39, 0.29) is 6.04 Å². The van der Waals surface area contributed by atoms with E-state index in [1.807, 2.05) is 13.0 Å². The van der Waals surface area contributed by atoms with Crippen molar-refractivity contribution in [2.24, 2.45) is 5.73 Å². The van der Waals surface area contributed by atoms with Crippen LogP contribution in [-0.2, 0) is 0 Å². The summed E-state index contributed by atoms with van der Waals surface area (Å²) >= 11 is 11.8. The van der Waals surface area contributed by atoms with Crippen LogP contribution in [0, 0.1) is 0 Å². The number of hydrogen-bond donors (Lipinski definition) is 1. The average molecular weight is 283 g/mol. The van der Waals surface area contributed by atoms with E-state index >= 15 is 0 Å². The fraction of sp³-hybridized carbons (Fsp3) is 0.154. The summed E-state index contributed by atoms with van der Waals surface area (Å²) in [6.45, 7) is 1.90. The third kappa shape index (κ3) is 3.13. The van der Waals surface area contributed by atoms with Crippen LogP contribution >= 0.6 is 23.2 Å². The van der Waals surface area contributed by atoms with E-state index in [2.05, 4.69) is 4.98 Å². The zero-order chi connectivity index (χ0) is 13.1. The van der Waals surface area contributed by atoms with Gasteiger partial charge in [0.15, 0.2) is 0 Å². The van der Waals surface area contributed by atoms with Gasteiger partial charge in [-0.2, -0.15) is 0 Å². The lowest BCUT2D eigenvalue weighted by molar-refractivity contribution is 0.462. The molecule has 1 heterocycles. The van der Waals surface area contributed by atoms with Crippen LogP contribution in [0.4, 0.5) is 0 Å². The second kappa shape index (κ2) is 5.57. The summed E-state index contributed by atoms with van der Waals surface area (Å²) in [5, 5.41) is 1.00. The number of halogens is 2. The summed E-state index contributed by atoms with van der Waals surface area (Å²) in [4.78, 5) is 4.11. The number of aromatic nitrogens is 1. The van der Waals surface area contributed by atoms with Crippen LogP contribution in [0.5, 0.6) is 11.6 Å². The van der Waals surface area contributed by atoms with Gasteiger partial charge < -0.3 is 10.5 Å². The van der Waals surface area contributed by atoms with Gasteiger partial charge in [-0.25, -0.2) is 4.98 Å². The van der Waals surface area contributed by atoms with Crippen LogP contribution < -0.4 is 10.5 Å². The molecule has 0 saturated carbocycles. The van der Waals surface area contributed by atoms with E-state index < -0.39 is 0 Å². The maximum absolute atomic E-state index is 6.02. The van der Waals surface area contributed by atoms with Crippen LogP contribution in [0.3, 0.4) is 0 Å². The zero-order valence-corrected chi connectivity index (χ0v) is 11.2. The molecule has 0 amide bonds. The summed E-state index contributed by atoms with van der Waals surface area (Å²) < 4.78 is 5.60. The highest BCUT2D eigenvalue weighted by atomic mass is 35.5. The van der Waals surface area contributed by atoms with Crippen molar-refractivity contribution in [2.45, 2.75) is 13.0 Å². The minimum Gasteiger partial charge on any atom is -0.437 e. The molecular weight excluding hydrogens is 271 g/mol. The number of rotatable bonds is 3. The van der Waals surface area contributed by atoms with Gasteiger partial charge in [-0.1, -0.05) is 23.2 Å². The van der Waals surface area contributed by atoms with E-state index in [4.69, 9.17) is 33.7 Å². The molecule has 2 aromatic rings. The second-order valence-electron chi connectivity index (χ2n) is 3.89. The number of hydrogen-bond acceptors (Lipinski definition) is 3. The molecule has 94 valence electrons. The smallest absolute Gasteiger partial charge is 0.219 e. The Morgan fingerprint density at radius 3 is 2.67 bits per heavy atom. The average Bonchev–Trinajstić information content (AvgIpc) is 2.33. The molecule has 0 saturated heterocycles. The molecule has 0 aliphatic heterocycles. The van der Waals surface area contributed by atoms with Crippen molar-refractivity contribution in [2.75, 3.05) is 0 Å². The van der Waals surface area contributed by atoms with Gasteiger partial charge in [-0.05, 0) is 36.8 Å². The largest absolute Gasteiger partial charge is 0.437 e. The van der Waals surface area contributed by atoms with Gasteiger partial charge in [0, 0.05) is 23.3 Å². The Morgan fingerprint density at radius 1 is 1.22 bits per heavy atom. The van der Waals surface area contributed by atoms with E-state index in [1.54, 1.807) is 30.5 Å². The molecule has 0 spiro atoms. The maximum Gasteiger partial charge on any atom is 0.219 e. The van der Waals surface area contributed by atoms with E-state index in [9.17, 15) is 0 Å². The van der Waals surface area contributed by atoms with Crippen LogP contribution in [0.25, 0.3) is 0 Å². The molecule has 0 radical (unpaired) electrons. The first kappa shape index (κ1) is 13.1. The topological polar surface area (TPSA) is 48.1 Å². The highest BCUT2D eigenvalue weighted by molar-refractivity contribution is 6.35. The first-order valence-corrected chi connectivity index (χ1v) is 6.16. The van der Waals surface area contributed by atoms with Crippen molar-refractivity contribution in [3.8, 4) is 11.6 Å². The summed E-state index contributed by atoms with van der Waals surface area (Å²) in [6.07, 6.45) is 1.65. The van der Waals surface area contributed by atoms with Crippen LogP contribution in [0.15, 0.2) is 36.5 Å². The first-order chi connectivity index (χ1) is 8.56. The Labute approximate surface area is 115 Å². The Kier molecular flexibility index (Phi) is 4.07. The Morgan fingerprint density at radius 2 is 2.00 bits per heavy atom. The molecular formula is C13H12Cl2N2O. The minimum atomic E-state index is -0.0731. The van der Waals surface area contributed by atoms with Gasteiger partial charge in [0.05, 0.1) is 5.02 Å². The Balaban J connectivity index is 2.25. The molecule has 2 rings (SSSR count). The molecule has 1 aromatic carbocycles. The predicted molar refractivity (Wildman–Crippen MR) is 73.4 cm³/mol. The number of nitrogens with zero attached hydrogens (tertiary/aromatic N) is 1. The number of benzene rings is 1. The van der Waals surface area contributed by atoms with E-state index in [1.165, 1.54) is 0 Å². The molecule has 5 heteroatoms. The summed E-state index contributed by atoms with van der Waals surface area (Å²) in [6, 6.07) is 8.59. The fourth-order valence-electron chi connectivity index (χ4n) is 1.43. The quantitative estimate of drug-likeness (QED) is 0.918. The highest BCUT2D eigenvalue weighted by Crippen LogP contribution is 2.31. The lowest BCUT2D eigenvalue weighted by atomic mass is 10.1. The molecule has 0 aliphatic rings. The zero-order valence-electron chi connectivity index (χ0n) is 9.73. The van der Waals surface area contributed by atoms with Crippen molar-refractivity contribution in [1.29, 1.82) is 0 Å². The maximum atomic E-state index is 6.02. The van der Waals surface area contributed by atoms with Gasteiger partial charge in [0.2, 0.25) is 5.88 Å². The van der Waals surface area contributed by atoms with Crippen molar-refractivity contribution in [1.82, 2.24) is 4.98 Å². The molecule has 0 unspecified atom stereocenters. The third-order valence-corrected chi connectivity index (χ3v) is 2.92. The molecule has 0 fully saturated rings. The summed E-state index contributed by atoms with van der Waals surface area (Å²) in [5.74, 6) is 0.962. The van der Waals surface area contributed by atoms with E-state index in [0.29, 0.717) is 21.7 Å². The SMILES string of the molecule is C[C@@H](N)c1ccnc(Oc2ccc(Cl)cc2Cl)c1. The van der Waals surface area contributed by atoms with Crippen molar-refractivity contribution in [3.63, 3.8) is 0 Å². The summed E-state index contributed by atoms with van der Waals surface area (Å²) in [7, 11) is 0. The van der Waals surface area contributed by atoms with Crippen molar-refractivity contribution >= 4 is 23.2 Å². The number of pyridine rings is 1. The van der Waals surface area contributed by atoms with Gasteiger partial charge >= 0.3 is 0 Å². The molecule has 0 bridgehead atoms. The molecule has 2 N–H and O–H groups in total. The lowest BCUT2D eigenvalue weighted by Crippen LogP contribution is -2.05. The predicted octanol–water partition coefficient (Wildman–Crippen LogP) is 4.20. The van der Waals surface area contributed by atoms with Crippen LogP contribution in [0.2, 0.25) is 10.0 Å². The van der Waals surface area contributed by atoms with Gasteiger partial charge in [0.1, 0.15) is 5.75 Å². The van der Waals surface area contributed by atoms with Crippen LogP contribution in [0.1, 0.15) is 18.5 Å². The molecule has 3 nitrogen and oxygen atoms in total. The molecule has 1 aromatic heterocycles. The highest BCUT2D eigenvalue weighted by Gasteiger charge is 2.07. The van der Waals surface area contributed by atoms with Gasteiger partial charge in [-0.3, -0.25) is 0 Å². The molecule has 1 atom stereocenters. The van der Waals surface area contributed by atoms with Crippen molar-refractivity contribution < 1.29 is 4.74 Å². The van der Waals surface area contributed by atoms with Crippen molar-refractivity contribution in [3.05, 3.63) is 52.1 Å². The lowest BCUT2D eigenvalue weighted by Gasteiger charge is -2.09. The van der Waals surface area contributed by atoms with E-state index in [0.717, 1.165) is 5.56 Å². The Hall–Kier alpha value is -1.29.